The van der Waals surface area contributed by atoms with E-state index in [1.807, 2.05) is 12.3 Å². The van der Waals surface area contributed by atoms with Gasteiger partial charge < -0.3 is 15.4 Å². The highest BCUT2D eigenvalue weighted by Crippen LogP contribution is 2.32. The molecule has 1 aliphatic heterocycles. The molecule has 1 fully saturated rings. The van der Waals surface area contributed by atoms with Crippen molar-refractivity contribution >= 4 is 28.5 Å². The third-order valence-corrected chi connectivity index (χ3v) is 5.43. The molecule has 3 heterocycles. The second-order valence-electron chi connectivity index (χ2n) is 6.65. The Kier molecular flexibility index (Phi) is 5.59. The van der Waals surface area contributed by atoms with Crippen molar-refractivity contribution in [3.05, 3.63) is 36.3 Å². The van der Waals surface area contributed by atoms with E-state index in [-0.39, 0.29) is 5.75 Å². The molecule has 3 aromatic rings. The van der Waals surface area contributed by atoms with E-state index < -0.39 is 5.82 Å². The first-order valence-electron chi connectivity index (χ1n) is 9.21. The third kappa shape index (κ3) is 3.74. The molecule has 0 radical (unpaired) electrons. The summed E-state index contributed by atoms with van der Waals surface area (Å²) in [6.07, 6.45) is 6.00. The van der Waals surface area contributed by atoms with Crippen molar-refractivity contribution in [2.24, 2.45) is 0 Å². The van der Waals surface area contributed by atoms with Gasteiger partial charge in [-0.1, -0.05) is 17.8 Å². The van der Waals surface area contributed by atoms with Gasteiger partial charge in [-0.15, -0.1) is 0 Å². The van der Waals surface area contributed by atoms with Crippen LogP contribution in [0.4, 0.5) is 10.2 Å². The van der Waals surface area contributed by atoms with Gasteiger partial charge in [0.1, 0.15) is 5.52 Å². The normalized spacial score (nSPS) is 16.5. The number of fused-ring (bicyclic) bond motifs is 1. The number of anilines is 1. The molecular weight excluding hydrogens is 377 g/mol. The molecular formula is C20H22FN5OS. The van der Waals surface area contributed by atoms with Gasteiger partial charge in [-0.25, -0.2) is 19.3 Å². The molecule has 146 valence electrons. The number of hydrogen-bond donors (Lipinski definition) is 2. The van der Waals surface area contributed by atoms with Gasteiger partial charge >= 0.3 is 0 Å². The van der Waals surface area contributed by atoms with Crippen molar-refractivity contribution in [1.29, 1.82) is 0 Å². The highest BCUT2D eigenvalue weighted by atomic mass is 32.2. The lowest BCUT2D eigenvalue weighted by Crippen LogP contribution is -2.29. The summed E-state index contributed by atoms with van der Waals surface area (Å²) in [4.78, 5) is 13.7. The predicted molar refractivity (Wildman–Crippen MR) is 111 cm³/mol. The minimum absolute atomic E-state index is 0.193. The number of nitrogens with one attached hydrogen (secondary N) is 2. The van der Waals surface area contributed by atoms with Gasteiger partial charge in [-0.3, -0.25) is 0 Å². The van der Waals surface area contributed by atoms with E-state index >= 15 is 0 Å². The summed E-state index contributed by atoms with van der Waals surface area (Å²) in [5.74, 6) is 0.404. The largest absolute Gasteiger partial charge is 0.494 e. The van der Waals surface area contributed by atoms with Gasteiger partial charge in [0.25, 0.3) is 0 Å². The van der Waals surface area contributed by atoms with Crippen LogP contribution in [0.1, 0.15) is 12.8 Å². The zero-order valence-corrected chi connectivity index (χ0v) is 16.6. The number of rotatable bonds is 6. The number of methoxy groups -OCH3 is 1. The number of halogens is 1. The molecule has 28 heavy (non-hydrogen) atoms. The Morgan fingerprint density at radius 1 is 1.36 bits per heavy atom. The first-order valence-corrected chi connectivity index (χ1v) is 10.4. The number of pyridine rings is 1. The average molecular weight is 399 g/mol. The molecule has 1 saturated heterocycles. The number of hydrogen-bond acceptors (Lipinski definition) is 7. The zero-order valence-electron chi connectivity index (χ0n) is 15.8. The summed E-state index contributed by atoms with van der Waals surface area (Å²) in [6.45, 7) is 1.78. The summed E-state index contributed by atoms with van der Waals surface area (Å²) < 4.78 is 19.9. The number of aromatic nitrogens is 3. The summed E-state index contributed by atoms with van der Waals surface area (Å²) in [5.41, 5.74) is 1.65. The first kappa shape index (κ1) is 18.9. The van der Waals surface area contributed by atoms with Crippen LogP contribution in [0.25, 0.3) is 22.2 Å². The summed E-state index contributed by atoms with van der Waals surface area (Å²) in [7, 11) is 1.45. The molecule has 0 aliphatic carbocycles. The molecule has 1 aliphatic rings. The van der Waals surface area contributed by atoms with Crippen LogP contribution in [0, 0.1) is 5.82 Å². The first-order chi connectivity index (χ1) is 13.7. The summed E-state index contributed by atoms with van der Waals surface area (Å²) in [6, 6.07) is 7.27. The fourth-order valence-electron chi connectivity index (χ4n) is 3.40. The molecule has 1 atom stereocenters. The Morgan fingerprint density at radius 3 is 3.00 bits per heavy atom. The van der Waals surface area contributed by atoms with E-state index in [1.165, 1.54) is 25.3 Å². The van der Waals surface area contributed by atoms with Crippen LogP contribution in [0.3, 0.4) is 0 Å². The third-order valence-electron chi connectivity index (χ3n) is 4.86. The van der Waals surface area contributed by atoms with Crippen LogP contribution in [-0.2, 0) is 0 Å². The van der Waals surface area contributed by atoms with Crippen LogP contribution < -0.4 is 15.4 Å². The molecule has 0 amide bonds. The van der Waals surface area contributed by atoms with Crippen LogP contribution in [0.15, 0.2) is 35.6 Å². The van der Waals surface area contributed by atoms with Crippen LogP contribution >= 0.6 is 11.8 Å². The van der Waals surface area contributed by atoms with Gasteiger partial charge in [-0.05, 0) is 43.8 Å². The summed E-state index contributed by atoms with van der Waals surface area (Å²) >= 11 is 1.48. The van der Waals surface area contributed by atoms with E-state index in [9.17, 15) is 4.39 Å². The molecule has 4 rings (SSSR count). The Hall–Kier alpha value is -2.45. The van der Waals surface area contributed by atoms with Crippen molar-refractivity contribution < 1.29 is 9.13 Å². The highest BCUT2D eigenvalue weighted by molar-refractivity contribution is 7.98. The number of benzene rings is 1. The topological polar surface area (TPSA) is 72.0 Å². The molecule has 0 bridgehead atoms. The second kappa shape index (κ2) is 8.28. The molecule has 6 nitrogen and oxygen atoms in total. The smallest absolute Gasteiger partial charge is 0.187 e. The van der Waals surface area contributed by atoms with Gasteiger partial charge in [0.2, 0.25) is 0 Å². The Bertz CT molecular complexity index is 994. The van der Waals surface area contributed by atoms with Gasteiger partial charge in [0.15, 0.2) is 22.5 Å². The fourth-order valence-corrected chi connectivity index (χ4v) is 3.74. The van der Waals surface area contributed by atoms with Crippen molar-refractivity contribution in [3.63, 3.8) is 0 Å². The standard InChI is InChI=1S/C20H22FN5OS/c1-27-16-7-3-6-14(17(16)21)15-9-12-10-24-20(28-2)26-18(12)19(25-15)23-11-13-5-4-8-22-13/h3,6-7,9-10,13,22H,4-5,8,11H2,1-2H3,(H,23,25). The van der Waals surface area contributed by atoms with E-state index in [2.05, 4.69) is 20.6 Å². The molecule has 8 heteroatoms. The second-order valence-corrected chi connectivity index (χ2v) is 7.42. The Labute approximate surface area is 167 Å². The molecule has 2 aromatic heterocycles. The van der Waals surface area contributed by atoms with E-state index in [4.69, 9.17) is 9.72 Å². The number of ether oxygens (including phenoxy) is 1. The average Bonchev–Trinajstić information content (AvgIpc) is 3.25. The van der Waals surface area contributed by atoms with Gasteiger partial charge in [-0.2, -0.15) is 0 Å². The maximum Gasteiger partial charge on any atom is 0.187 e. The SMILES string of the molecule is COc1cccc(-c2cc3cnc(SC)nc3c(NCC3CCCN3)n2)c1F. The highest BCUT2D eigenvalue weighted by Gasteiger charge is 2.18. The number of nitrogens with zero attached hydrogens (tertiary/aromatic N) is 3. The van der Waals surface area contributed by atoms with Crippen molar-refractivity contribution in [2.45, 2.75) is 24.0 Å². The Morgan fingerprint density at radius 2 is 2.25 bits per heavy atom. The maximum absolute atomic E-state index is 14.8. The van der Waals surface area contributed by atoms with E-state index in [0.29, 0.717) is 28.3 Å². The van der Waals surface area contributed by atoms with Gasteiger partial charge in [0, 0.05) is 29.7 Å². The van der Waals surface area contributed by atoms with Crippen molar-refractivity contribution in [1.82, 2.24) is 20.3 Å². The van der Waals surface area contributed by atoms with Crippen LogP contribution in [0.5, 0.6) is 5.75 Å². The van der Waals surface area contributed by atoms with Crippen LogP contribution in [0.2, 0.25) is 0 Å². The van der Waals surface area contributed by atoms with E-state index in [1.54, 1.807) is 24.4 Å². The minimum atomic E-state index is -0.429. The van der Waals surface area contributed by atoms with E-state index in [0.717, 1.165) is 30.4 Å². The molecule has 0 saturated carbocycles. The molecule has 1 unspecified atom stereocenters. The molecule has 2 N–H and O–H groups in total. The van der Waals surface area contributed by atoms with Crippen molar-refractivity contribution in [2.75, 3.05) is 31.8 Å². The lowest BCUT2D eigenvalue weighted by Gasteiger charge is -2.15. The zero-order chi connectivity index (χ0) is 19.5. The Balaban J connectivity index is 1.79. The predicted octanol–water partition coefficient (Wildman–Crippen LogP) is 3.73. The lowest BCUT2D eigenvalue weighted by molar-refractivity contribution is 0.387. The monoisotopic (exact) mass is 399 g/mol. The summed E-state index contributed by atoms with van der Waals surface area (Å²) in [5, 5.41) is 8.37. The van der Waals surface area contributed by atoms with Crippen molar-refractivity contribution in [3.8, 4) is 17.0 Å². The quantitative estimate of drug-likeness (QED) is 0.483. The lowest BCUT2D eigenvalue weighted by atomic mass is 10.1. The number of thioether (sulfide) groups is 1. The minimum Gasteiger partial charge on any atom is -0.494 e. The maximum atomic E-state index is 14.8. The molecule has 1 aromatic carbocycles. The fraction of sp³-hybridized carbons (Fsp3) is 0.350. The van der Waals surface area contributed by atoms with Gasteiger partial charge in [0.05, 0.1) is 12.8 Å². The van der Waals surface area contributed by atoms with Crippen LogP contribution in [-0.4, -0.2) is 47.4 Å². The molecule has 0 spiro atoms.